The van der Waals surface area contributed by atoms with Crippen molar-refractivity contribution in [2.24, 2.45) is 11.3 Å². The maximum atomic E-state index is 13.5. The third kappa shape index (κ3) is 7.15. The molecule has 2 aliphatic heterocycles. The average molecular weight is 600 g/mol. The Kier molecular flexibility index (Phi) is 9.41. The van der Waals surface area contributed by atoms with Crippen molar-refractivity contribution in [2.75, 3.05) is 32.4 Å². The lowest BCUT2D eigenvalue weighted by atomic mass is 9.77. The molecule has 3 aliphatic rings. The molecule has 222 valence electrons. The number of hydrogen-bond acceptors (Lipinski definition) is 5. The zero-order valence-corrected chi connectivity index (χ0v) is 25.6. The van der Waals surface area contributed by atoms with Crippen LogP contribution in [-0.2, 0) is 26.0 Å². The van der Waals surface area contributed by atoms with Crippen LogP contribution in [0.3, 0.4) is 0 Å². The summed E-state index contributed by atoms with van der Waals surface area (Å²) in [5.41, 5.74) is 1.61. The van der Waals surface area contributed by atoms with E-state index < -0.39 is 9.84 Å². The van der Waals surface area contributed by atoms with Crippen molar-refractivity contribution in [1.82, 2.24) is 15.1 Å². The van der Waals surface area contributed by atoms with E-state index in [1.165, 1.54) is 12.7 Å². The van der Waals surface area contributed by atoms with Crippen LogP contribution in [0.2, 0.25) is 5.02 Å². The third-order valence-corrected chi connectivity index (χ3v) is 10.9. The molecule has 2 aromatic rings. The smallest absolute Gasteiger partial charge is 0.229 e. The number of halogens is 1. The summed E-state index contributed by atoms with van der Waals surface area (Å²) in [4.78, 5) is 31.3. The summed E-state index contributed by atoms with van der Waals surface area (Å²) in [6.07, 6.45) is 9.89. The summed E-state index contributed by atoms with van der Waals surface area (Å²) in [6, 6.07) is 14.5. The van der Waals surface area contributed by atoms with Crippen LogP contribution in [0.4, 0.5) is 0 Å². The van der Waals surface area contributed by atoms with Gasteiger partial charge in [-0.15, -0.1) is 0 Å². The molecule has 1 atom stereocenters. The van der Waals surface area contributed by atoms with Gasteiger partial charge in [-0.05, 0) is 80.9 Å². The number of piperidine rings is 1. The molecule has 2 saturated heterocycles. The predicted octanol–water partition coefficient (Wildman–Crippen LogP) is 5.39. The number of rotatable bonds is 9. The second kappa shape index (κ2) is 12.8. The monoisotopic (exact) mass is 599 g/mol. The Morgan fingerprint density at radius 2 is 1.66 bits per heavy atom. The van der Waals surface area contributed by atoms with Gasteiger partial charge in [0.05, 0.1) is 16.4 Å². The fourth-order valence-corrected chi connectivity index (χ4v) is 7.70. The number of nitrogens with zero attached hydrogens (tertiary/aromatic N) is 2. The van der Waals surface area contributed by atoms with Crippen molar-refractivity contribution in [3.8, 4) is 0 Å². The second-order valence-corrected chi connectivity index (χ2v) is 14.6. The van der Waals surface area contributed by atoms with E-state index in [4.69, 9.17) is 11.6 Å². The number of carbonyl (C=O) groups is 2. The van der Waals surface area contributed by atoms with E-state index in [0.29, 0.717) is 16.5 Å². The van der Waals surface area contributed by atoms with Gasteiger partial charge in [0, 0.05) is 36.8 Å². The molecule has 0 radical (unpaired) electrons. The number of amides is 2. The molecule has 2 heterocycles. The highest BCUT2D eigenvalue weighted by atomic mass is 35.5. The second-order valence-electron chi connectivity index (χ2n) is 12.2. The molecule has 1 unspecified atom stereocenters. The molecule has 1 spiro atoms. The van der Waals surface area contributed by atoms with Gasteiger partial charge in [0.2, 0.25) is 11.8 Å². The molecular formula is C32H42ClN3O4S. The van der Waals surface area contributed by atoms with Crippen LogP contribution in [0, 0.1) is 11.3 Å². The lowest BCUT2D eigenvalue weighted by molar-refractivity contribution is -0.139. The minimum atomic E-state index is -3.24. The highest BCUT2D eigenvalue weighted by molar-refractivity contribution is 7.90. The molecule has 41 heavy (non-hydrogen) atoms. The fraction of sp³-hybridized carbons (Fsp3) is 0.562. The van der Waals surface area contributed by atoms with Gasteiger partial charge in [-0.2, -0.15) is 0 Å². The van der Waals surface area contributed by atoms with Crippen molar-refractivity contribution in [3.63, 3.8) is 0 Å². The Morgan fingerprint density at radius 1 is 1.00 bits per heavy atom. The number of sulfone groups is 1. The van der Waals surface area contributed by atoms with Crippen LogP contribution in [0.15, 0.2) is 53.4 Å². The largest absolute Gasteiger partial charge is 0.349 e. The summed E-state index contributed by atoms with van der Waals surface area (Å²) < 4.78 is 23.5. The molecule has 1 aliphatic carbocycles. The van der Waals surface area contributed by atoms with Gasteiger partial charge in [-0.25, -0.2) is 8.42 Å². The Bertz CT molecular complexity index is 1330. The van der Waals surface area contributed by atoms with Crippen LogP contribution < -0.4 is 5.32 Å². The topological polar surface area (TPSA) is 86.8 Å². The Labute approximate surface area is 249 Å². The highest BCUT2D eigenvalue weighted by Gasteiger charge is 2.47. The molecular weight excluding hydrogens is 558 g/mol. The van der Waals surface area contributed by atoms with Crippen molar-refractivity contribution >= 4 is 33.3 Å². The van der Waals surface area contributed by atoms with Crippen LogP contribution in [-0.4, -0.2) is 62.5 Å². The Balaban J connectivity index is 1.16. The van der Waals surface area contributed by atoms with E-state index in [0.717, 1.165) is 88.7 Å². The number of likely N-dealkylation sites (tertiary alicyclic amines) is 2. The summed E-state index contributed by atoms with van der Waals surface area (Å²) in [6.45, 7) is 3.79. The van der Waals surface area contributed by atoms with Crippen LogP contribution >= 0.6 is 11.6 Å². The zero-order valence-electron chi connectivity index (χ0n) is 24.0. The van der Waals surface area contributed by atoms with Crippen LogP contribution in [0.5, 0.6) is 0 Å². The fourth-order valence-electron chi connectivity index (χ4n) is 6.80. The minimum absolute atomic E-state index is 0.0949. The highest BCUT2D eigenvalue weighted by Crippen LogP contribution is 2.42. The summed E-state index contributed by atoms with van der Waals surface area (Å²) >= 11 is 6.57. The maximum Gasteiger partial charge on any atom is 0.229 e. The molecule has 7 nitrogen and oxygen atoms in total. The first kappa shape index (κ1) is 30.1. The first-order valence-corrected chi connectivity index (χ1v) is 17.3. The summed E-state index contributed by atoms with van der Waals surface area (Å²) in [5, 5.41) is 4.02. The Hall–Kier alpha value is -2.42. The molecule has 5 rings (SSSR count). The Morgan fingerprint density at radius 3 is 2.32 bits per heavy atom. The van der Waals surface area contributed by atoms with Crippen LogP contribution in [0.1, 0.15) is 75.0 Å². The maximum absolute atomic E-state index is 13.5. The van der Waals surface area contributed by atoms with Gasteiger partial charge < -0.3 is 15.1 Å². The first-order chi connectivity index (χ1) is 19.6. The normalized spacial score (nSPS) is 20.8. The van der Waals surface area contributed by atoms with E-state index in [9.17, 15) is 18.0 Å². The van der Waals surface area contributed by atoms with Crippen molar-refractivity contribution < 1.29 is 18.0 Å². The lowest BCUT2D eigenvalue weighted by Crippen LogP contribution is -2.45. The molecule has 0 aromatic heterocycles. The van der Waals surface area contributed by atoms with Gasteiger partial charge in [0.25, 0.3) is 0 Å². The van der Waals surface area contributed by atoms with Gasteiger partial charge >= 0.3 is 0 Å². The average Bonchev–Trinajstić information content (AvgIpc) is 3.26. The summed E-state index contributed by atoms with van der Waals surface area (Å²) in [5.74, 6) is 0.463. The van der Waals surface area contributed by atoms with Gasteiger partial charge in [0.1, 0.15) is 0 Å². The number of hydrogen-bond donors (Lipinski definition) is 1. The van der Waals surface area contributed by atoms with Gasteiger partial charge in [-0.3, -0.25) is 9.59 Å². The SMILES string of the molecule is CS(=O)(=O)c1ccc(CN2CCC3(CCN(CCC(NC(=O)C4CCCCC4)c4ccccc4Cl)CC3)C2=O)cc1. The van der Waals surface area contributed by atoms with E-state index in [1.807, 2.05) is 29.2 Å². The van der Waals surface area contributed by atoms with E-state index >= 15 is 0 Å². The van der Waals surface area contributed by atoms with Gasteiger partial charge in [-0.1, -0.05) is 61.2 Å². The first-order valence-electron chi connectivity index (χ1n) is 15.0. The standard InChI is InChI=1S/C32H42ClN3O4S/c1-41(39,40)26-13-11-24(12-14-26)23-36-22-18-32(31(36)38)16-20-35(21-17-32)19-15-29(27-9-5-6-10-28(27)33)34-30(37)25-7-3-2-4-8-25/h5-6,9-14,25,29H,2-4,7-8,15-23H2,1H3,(H,34,37). The molecule has 9 heteroatoms. The van der Waals surface area contributed by atoms with E-state index in [-0.39, 0.29) is 29.2 Å². The quantitative estimate of drug-likeness (QED) is 0.418. The molecule has 3 fully saturated rings. The van der Waals surface area contributed by atoms with Crippen molar-refractivity contribution in [2.45, 2.75) is 75.3 Å². The van der Waals surface area contributed by atoms with Crippen molar-refractivity contribution in [1.29, 1.82) is 0 Å². The summed E-state index contributed by atoms with van der Waals surface area (Å²) in [7, 11) is -3.24. The number of nitrogens with one attached hydrogen (secondary N) is 1. The van der Waals surface area contributed by atoms with E-state index in [1.54, 1.807) is 24.3 Å². The van der Waals surface area contributed by atoms with Gasteiger partial charge in [0.15, 0.2) is 9.84 Å². The molecule has 1 saturated carbocycles. The third-order valence-electron chi connectivity index (χ3n) is 9.45. The van der Waals surface area contributed by atoms with Crippen LogP contribution in [0.25, 0.3) is 0 Å². The number of benzene rings is 2. The van der Waals surface area contributed by atoms with Crippen molar-refractivity contribution in [3.05, 3.63) is 64.7 Å². The number of carbonyl (C=O) groups excluding carboxylic acids is 2. The lowest BCUT2D eigenvalue weighted by Gasteiger charge is -2.38. The minimum Gasteiger partial charge on any atom is -0.349 e. The molecule has 0 bridgehead atoms. The molecule has 2 aromatic carbocycles. The zero-order chi connectivity index (χ0) is 29.0. The molecule has 2 amide bonds. The van der Waals surface area contributed by atoms with E-state index in [2.05, 4.69) is 10.2 Å². The predicted molar refractivity (Wildman–Crippen MR) is 161 cm³/mol. The molecule has 1 N–H and O–H groups in total.